The van der Waals surface area contributed by atoms with Crippen LogP contribution < -0.4 is 0 Å². The second-order valence-corrected chi connectivity index (χ2v) is 3.87. The fourth-order valence-electron chi connectivity index (χ4n) is 1.62. The third-order valence-corrected chi connectivity index (χ3v) is 2.47. The van der Waals surface area contributed by atoms with Gasteiger partial charge in [0.1, 0.15) is 11.6 Å². The second kappa shape index (κ2) is 5.34. The zero-order chi connectivity index (χ0) is 12.1. The molecule has 86 valence electrons. The lowest BCUT2D eigenvalue weighted by Crippen LogP contribution is -2.06. The van der Waals surface area contributed by atoms with Crippen molar-refractivity contribution in [1.29, 1.82) is 0 Å². The van der Waals surface area contributed by atoms with Crippen molar-refractivity contribution in [3.8, 4) is 0 Å². The van der Waals surface area contributed by atoms with E-state index in [0.29, 0.717) is 12.8 Å². The van der Waals surface area contributed by atoms with E-state index in [2.05, 4.69) is 4.98 Å². The maximum atomic E-state index is 12.7. The molecule has 0 atom stereocenters. The van der Waals surface area contributed by atoms with Crippen LogP contribution in [0.1, 0.15) is 11.1 Å². The quantitative estimate of drug-likeness (QED) is 0.806. The van der Waals surface area contributed by atoms with Crippen molar-refractivity contribution in [2.45, 2.75) is 12.8 Å². The molecule has 1 aromatic heterocycles. The molecule has 0 saturated heterocycles. The summed E-state index contributed by atoms with van der Waals surface area (Å²) in [6.07, 6.45) is 4.06. The van der Waals surface area contributed by atoms with Gasteiger partial charge in [0.15, 0.2) is 0 Å². The standard InChI is InChI=1S/C14H12FNO/c15-13-3-1-11(2-4-13)9-14(17)10-12-5-7-16-8-6-12/h1-8H,9-10H2. The molecule has 0 N–H and O–H groups in total. The van der Waals surface area contributed by atoms with E-state index < -0.39 is 0 Å². The number of Topliss-reactive ketones (excluding diaryl/α,β-unsaturated/α-hetero) is 1. The maximum absolute atomic E-state index is 12.7. The monoisotopic (exact) mass is 229 g/mol. The summed E-state index contributed by atoms with van der Waals surface area (Å²) in [6, 6.07) is 9.66. The van der Waals surface area contributed by atoms with Crippen molar-refractivity contribution in [1.82, 2.24) is 4.98 Å². The number of halogens is 1. The minimum atomic E-state index is -0.282. The van der Waals surface area contributed by atoms with Crippen LogP contribution in [0.5, 0.6) is 0 Å². The first kappa shape index (κ1) is 11.5. The number of hydrogen-bond donors (Lipinski definition) is 0. The van der Waals surface area contributed by atoms with Gasteiger partial charge in [-0.05, 0) is 35.4 Å². The van der Waals surface area contributed by atoms with Gasteiger partial charge < -0.3 is 0 Å². The highest BCUT2D eigenvalue weighted by Gasteiger charge is 2.05. The van der Waals surface area contributed by atoms with E-state index in [1.165, 1.54) is 12.1 Å². The molecule has 0 radical (unpaired) electrons. The van der Waals surface area contributed by atoms with Crippen LogP contribution in [-0.2, 0) is 17.6 Å². The van der Waals surface area contributed by atoms with Gasteiger partial charge in [0, 0.05) is 25.2 Å². The Morgan fingerprint density at radius 1 is 0.941 bits per heavy atom. The van der Waals surface area contributed by atoms with Crippen molar-refractivity contribution >= 4 is 5.78 Å². The van der Waals surface area contributed by atoms with E-state index in [1.807, 2.05) is 12.1 Å². The number of ketones is 1. The predicted molar refractivity (Wildman–Crippen MR) is 63.1 cm³/mol. The fourth-order valence-corrected chi connectivity index (χ4v) is 1.62. The summed E-state index contributed by atoms with van der Waals surface area (Å²) in [5, 5.41) is 0. The number of pyridine rings is 1. The van der Waals surface area contributed by atoms with Crippen LogP contribution >= 0.6 is 0 Å². The molecule has 0 saturated carbocycles. The van der Waals surface area contributed by atoms with Gasteiger partial charge in [0.25, 0.3) is 0 Å². The minimum Gasteiger partial charge on any atom is -0.299 e. The normalized spacial score (nSPS) is 10.2. The molecular weight excluding hydrogens is 217 g/mol. The summed E-state index contributed by atoms with van der Waals surface area (Å²) in [5.41, 5.74) is 1.79. The molecule has 0 aliphatic carbocycles. The van der Waals surface area contributed by atoms with Crippen LogP contribution in [0.2, 0.25) is 0 Å². The molecule has 1 heterocycles. The summed E-state index contributed by atoms with van der Waals surface area (Å²) < 4.78 is 12.7. The average molecular weight is 229 g/mol. The van der Waals surface area contributed by atoms with E-state index >= 15 is 0 Å². The highest BCUT2D eigenvalue weighted by atomic mass is 19.1. The number of carbonyl (C=O) groups is 1. The summed E-state index contributed by atoms with van der Waals surface area (Å²) >= 11 is 0. The largest absolute Gasteiger partial charge is 0.299 e. The van der Waals surface area contributed by atoms with Gasteiger partial charge in [-0.25, -0.2) is 4.39 Å². The lowest BCUT2D eigenvalue weighted by Gasteiger charge is -2.01. The molecule has 0 amide bonds. The third kappa shape index (κ3) is 3.48. The third-order valence-electron chi connectivity index (χ3n) is 2.47. The molecule has 0 unspecified atom stereocenters. The zero-order valence-electron chi connectivity index (χ0n) is 9.27. The topological polar surface area (TPSA) is 30.0 Å². The van der Waals surface area contributed by atoms with E-state index in [-0.39, 0.29) is 11.6 Å². The summed E-state index contributed by atoms with van der Waals surface area (Å²) in [4.78, 5) is 15.6. The van der Waals surface area contributed by atoms with Crippen LogP contribution in [0.25, 0.3) is 0 Å². The smallest absolute Gasteiger partial charge is 0.141 e. The fraction of sp³-hybridized carbons (Fsp3) is 0.143. The number of rotatable bonds is 4. The second-order valence-electron chi connectivity index (χ2n) is 3.87. The Bertz CT molecular complexity index is 493. The van der Waals surface area contributed by atoms with Gasteiger partial charge in [0.2, 0.25) is 0 Å². The molecule has 1 aromatic carbocycles. The number of aromatic nitrogens is 1. The van der Waals surface area contributed by atoms with E-state index in [0.717, 1.165) is 11.1 Å². The molecule has 0 bridgehead atoms. The SMILES string of the molecule is O=C(Cc1ccncc1)Cc1ccc(F)cc1. The first-order chi connectivity index (χ1) is 8.24. The molecule has 0 fully saturated rings. The van der Waals surface area contributed by atoms with Crippen molar-refractivity contribution in [3.05, 3.63) is 65.7 Å². The number of hydrogen-bond acceptors (Lipinski definition) is 2. The molecule has 3 heteroatoms. The van der Waals surface area contributed by atoms with Gasteiger partial charge in [0.05, 0.1) is 0 Å². The van der Waals surface area contributed by atoms with Crippen LogP contribution in [0.4, 0.5) is 4.39 Å². The molecule has 0 spiro atoms. The Morgan fingerprint density at radius 3 is 2.06 bits per heavy atom. The van der Waals surface area contributed by atoms with E-state index in [9.17, 15) is 9.18 Å². The molecule has 0 aliphatic rings. The minimum absolute atomic E-state index is 0.114. The predicted octanol–water partition coefficient (Wildman–Crippen LogP) is 2.58. The van der Waals surface area contributed by atoms with Gasteiger partial charge in [-0.2, -0.15) is 0 Å². The molecule has 0 aliphatic heterocycles. The average Bonchev–Trinajstić information content (AvgIpc) is 2.33. The highest BCUT2D eigenvalue weighted by Crippen LogP contribution is 2.06. The van der Waals surface area contributed by atoms with Crippen molar-refractivity contribution in [3.63, 3.8) is 0 Å². The Labute approximate surface area is 99.1 Å². The van der Waals surface area contributed by atoms with Crippen LogP contribution in [0, 0.1) is 5.82 Å². The molecule has 2 aromatic rings. The summed E-state index contributed by atoms with van der Waals surface area (Å²) in [5.74, 6) is -0.168. The van der Waals surface area contributed by atoms with Gasteiger partial charge in [-0.15, -0.1) is 0 Å². The number of benzene rings is 1. The van der Waals surface area contributed by atoms with Gasteiger partial charge in [-0.1, -0.05) is 12.1 Å². The van der Waals surface area contributed by atoms with Crippen LogP contribution in [0.15, 0.2) is 48.8 Å². The first-order valence-electron chi connectivity index (χ1n) is 5.39. The molecule has 2 nitrogen and oxygen atoms in total. The number of nitrogens with zero attached hydrogens (tertiary/aromatic N) is 1. The lowest BCUT2D eigenvalue weighted by atomic mass is 10.0. The van der Waals surface area contributed by atoms with E-state index in [4.69, 9.17) is 0 Å². The Morgan fingerprint density at radius 2 is 1.47 bits per heavy atom. The first-order valence-corrected chi connectivity index (χ1v) is 5.39. The Hall–Kier alpha value is -2.03. The zero-order valence-corrected chi connectivity index (χ0v) is 9.27. The molecular formula is C14H12FNO. The Kier molecular flexibility index (Phi) is 3.60. The van der Waals surface area contributed by atoms with Crippen LogP contribution in [-0.4, -0.2) is 10.8 Å². The maximum Gasteiger partial charge on any atom is 0.141 e. The lowest BCUT2D eigenvalue weighted by molar-refractivity contribution is -0.117. The van der Waals surface area contributed by atoms with E-state index in [1.54, 1.807) is 24.5 Å². The van der Waals surface area contributed by atoms with Crippen molar-refractivity contribution < 1.29 is 9.18 Å². The molecule has 17 heavy (non-hydrogen) atoms. The van der Waals surface area contributed by atoms with Crippen LogP contribution in [0.3, 0.4) is 0 Å². The Balaban J connectivity index is 1.96. The number of carbonyl (C=O) groups excluding carboxylic acids is 1. The van der Waals surface area contributed by atoms with Crippen molar-refractivity contribution in [2.75, 3.05) is 0 Å². The van der Waals surface area contributed by atoms with Gasteiger partial charge >= 0.3 is 0 Å². The summed E-state index contributed by atoms with van der Waals surface area (Å²) in [7, 11) is 0. The van der Waals surface area contributed by atoms with Crippen molar-refractivity contribution in [2.24, 2.45) is 0 Å². The molecule has 2 rings (SSSR count). The summed E-state index contributed by atoms with van der Waals surface area (Å²) in [6.45, 7) is 0. The van der Waals surface area contributed by atoms with Gasteiger partial charge in [-0.3, -0.25) is 9.78 Å². The highest BCUT2D eigenvalue weighted by molar-refractivity contribution is 5.83.